The smallest absolute Gasteiger partial charge is 0.338 e. The molecule has 0 radical (unpaired) electrons. The number of hydrogen-bond acceptors (Lipinski definition) is 5. The summed E-state index contributed by atoms with van der Waals surface area (Å²) in [6.07, 6.45) is 5.83. The van der Waals surface area contributed by atoms with E-state index >= 15 is 0 Å². The summed E-state index contributed by atoms with van der Waals surface area (Å²) in [5.74, 6) is -0.617. The monoisotopic (exact) mass is 359 g/mol. The highest BCUT2D eigenvalue weighted by atomic mass is 16.5. The van der Waals surface area contributed by atoms with E-state index in [1.807, 2.05) is 0 Å². The predicted octanol–water partition coefficient (Wildman–Crippen LogP) is 2.51. The summed E-state index contributed by atoms with van der Waals surface area (Å²) in [5.41, 5.74) is 1.01. The summed E-state index contributed by atoms with van der Waals surface area (Å²) < 4.78 is 4.95. The molecule has 26 heavy (non-hydrogen) atoms. The lowest BCUT2D eigenvalue weighted by Gasteiger charge is -2.25. The molecule has 1 aliphatic heterocycles. The minimum absolute atomic E-state index is 0.0178. The summed E-state index contributed by atoms with van der Waals surface area (Å²) in [7, 11) is 0. The average molecular weight is 359 g/mol. The minimum Gasteiger partial charge on any atom is -0.462 e. The lowest BCUT2D eigenvalue weighted by atomic mass is 9.96. The molecule has 140 valence electrons. The van der Waals surface area contributed by atoms with E-state index in [9.17, 15) is 14.4 Å². The van der Waals surface area contributed by atoms with Crippen molar-refractivity contribution >= 4 is 23.6 Å². The van der Waals surface area contributed by atoms with Crippen LogP contribution in [0, 0.1) is 0 Å². The number of rotatable bonds is 6. The summed E-state index contributed by atoms with van der Waals surface area (Å²) in [5, 5.41) is 3.33. The zero-order chi connectivity index (χ0) is 18.5. The number of carbonyl (C=O) groups excluding carboxylic acids is 3. The normalized spacial score (nSPS) is 18.5. The fraction of sp³-hybridized carbons (Fsp3) is 0.526. The van der Waals surface area contributed by atoms with Crippen molar-refractivity contribution in [1.29, 1.82) is 0 Å². The van der Waals surface area contributed by atoms with Crippen LogP contribution in [0.1, 0.15) is 49.4 Å². The second-order valence-corrected chi connectivity index (χ2v) is 6.66. The predicted molar refractivity (Wildman–Crippen MR) is 96.9 cm³/mol. The second kappa shape index (κ2) is 8.31. The number of hydrogen-bond donors (Lipinski definition) is 1. The summed E-state index contributed by atoms with van der Waals surface area (Å²) in [6, 6.07) is 6.58. The maximum absolute atomic E-state index is 12.6. The van der Waals surface area contributed by atoms with Gasteiger partial charge in [0.1, 0.15) is 6.54 Å². The Morgan fingerprint density at radius 3 is 2.50 bits per heavy atom. The van der Waals surface area contributed by atoms with Crippen molar-refractivity contribution in [2.24, 2.45) is 0 Å². The Kier molecular flexibility index (Phi) is 5.88. The van der Waals surface area contributed by atoms with Gasteiger partial charge in [-0.1, -0.05) is 19.3 Å². The zero-order valence-corrected chi connectivity index (χ0v) is 15.1. The van der Waals surface area contributed by atoms with Crippen molar-refractivity contribution in [3.05, 3.63) is 29.8 Å². The van der Waals surface area contributed by atoms with Crippen molar-refractivity contribution in [1.82, 2.24) is 10.2 Å². The molecule has 3 rings (SSSR count). The van der Waals surface area contributed by atoms with Crippen molar-refractivity contribution in [2.75, 3.05) is 24.7 Å². The van der Waals surface area contributed by atoms with Crippen molar-refractivity contribution in [3.63, 3.8) is 0 Å². The molecule has 1 saturated heterocycles. The van der Waals surface area contributed by atoms with Gasteiger partial charge in [-0.05, 0) is 44.0 Å². The molecule has 7 heteroatoms. The van der Waals surface area contributed by atoms with Crippen molar-refractivity contribution in [2.45, 2.75) is 45.1 Å². The molecule has 3 amide bonds. The van der Waals surface area contributed by atoms with E-state index in [0.29, 0.717) is 23.9 Å². The molecule has 1 N–H and O–H groups in total. The molecule has 1 aromatic rings. The number of benzene rings is 1. The third kappa shape index (κ3) is 4.04. The molecule has 7 nitrogen and oxygen atoms in total. The van der Waals surface area contributed by atoms with Crippen LogP contribution in [0.15, 0.2) is 24.3 Å². The number of anilines is 1. The third-order valence-electron chi connectivity index (χ3n) is 4.89. The van der Waals surface area contributed by atoms with Gasteiger partial charge >= 0.3 is 12.0 Å². The molecule has 2 fully saturated rings. The molecule has 1 aliphatic carbocycles. The van der Waals surface area contributed by atoms with Crippen LogP contribution in [0.25, 0.3) is 0 Å². The highest BCUT2D eigenvalue weighted by Crippen LogP contribution is 2.22. The first-order chi connectivity index (χ1) is 12.6. The maximum Gasteiger partial charge on any atom is 0.338 e. The first-order valence-corrected chi connectivity index (χ1v) is 9.22. The molecule has 0 bridgehead atoms. The Hall–Kier alpha value is -2.41. The Morgan fingerprint density at radius 1 is 1.15 bits per heavy atom. The van der Waals surface area contributed by atoms with Crippen LogP contribution in [0.3, 0.4) is 0 Å². The molecule has 0 unspecified atom stereocenters. The Morgan fingerprint density at radius 2 is 1.85 bits per heavy atom. The van der Waals surface area contributed by atoms with E-state index < -0.39 is 5.97 Å². The standard InChI is InChI=1S/C19H25N3O4/c1-2-26-18(24)14-8-10-16(11-9-14)21-12-17(23)22(19(21)25)13-20-15-6-4-3-5-7-15/h8-11,15,20H,2-7,12-13H2,1H3. The largest absolute Gasteiger partial charge is 0.462 e. The number of ether oxygens (including phenoxy) is 1. The third-order valence-corrected chi connectivity index (χ3v) is 4.89. The van der Waals surface area contributed by atoms with Crippen molar-refractivity contribution < 1.29 is 19.1 Å². The Bertz CT molecular complexity index is 668. The van der Waals surface area contributed by atoms with Gasteiger partial charge in [0.25, 0.3) is 5.91 Å². The van der Waals surface area contributed by atoms with E-state index in [0.717, 1.165) is 12.8 Å². The fourth-order valence-electron chi connectivity index (χ4n) is 3.42. The molecular weight excluding hydrogens is 334 g/mol. The number of imide groups is 1. The molecular formula is C19H25N3O4. The quantitative estimate of drug-likeness (QED) is 0.624. The van der Waals surface area contributed by atoms with Gasteiger partial charge in [0, 0.05) is 11.7 Å². The lowest BCUT2D eigenvalue weighted by Crippen LogP contribution is -2.44. The minimum atomic E-state index is -0.402. The highest BCUT2D eigenvalue weighted by Gasteiger charge is 2.37. The molecule has 2 aliphatic rings. The van der Waals surface area contributed by atoms with Crippen molar-refractivity contribution in [3.8, 4) is 0 Å². The van der Waals surface area contributed by atoms with E-state index in [2.05, 4.69) is 5.32 Å². The maximum atomic E-state index is 12.6. The Balaban J connectivity index is 1.61. The molecule has 0 atom stereocenters. The van der Waals surface area contributed by atoms with Gasteiger partial charge in [0.05, 0.1) is 18.8 Å². The summed E-state index contributed by atoms with van der Waals surface area (Å²) in [6.45, 7) is 2.32. The number of nitrogens with zero attached hydrogens (tertiary/aromatic N) is 2. The van der Waals surface area contributed by atoms with Crippen LogP contribution in [-0.2, 0) is 9.53 Å². The van der Waals surface area contributed by atoms with E-state index in [-0.39, 0.29) is 25.2 Å². The van der Waals surface area contributed by atoms with Gasteiger partial charge < -0.3 is 4.74 Å². The van der Waals surface area contributed by atoms with Crippen LogP contribution >= 0.6 is 0 Å². The van der Waals surface area contributed by atoms with Gasteiger partial charge in [-0.3, -0.25) is 15.0 Å². The second-order valence-electron chi connectivity index (χ2n) is 6.66. The number of urea groups is 1. The van der Waals surface area contributed by atoms with Gasteiger partial charge in [-0.25, -0.2) is 14.5 Å². The van der Waals surface area contributed by atoms with Gasteiger partial charge in [-0.15, -0.1) is 0 Å². The number of esters is 1. The van der Waals surface area contributed by atoms with E-state index in [1.54, 1.807) is 31.2 Å². The van der Waals surface area contributed by atoms with E-state index in [1.165, 1.54) is 29.1 Å². The molecule has 0 aromatic heterocycles. The molecule has 1 heterocycles. The molecule has 1 saturated carbocycles. The van der Waals surface area contributed by atoms with E-state index in [4.69, 9.17) is 4.74 Å². The van der Waals surface area contributed by atoms with Crippen LogP contribution in [0.2, 0.25) is 0 Å². The van der Waals surface area contributed by atoms with Gasteiger partial charge in [0.15, 0.2) is 0 Å². The Labute approximate surface area is 153 Å². The summed E-state index contributed by atoms with van der Waals surface area (Å²) in [4.78, 5) is 39.3. The highest BCUT2D eigenvalue weighted by molar-refractivity contribution is 6.12. The molecule has 0 spiro atoms. The van der Waals surface area contributed by atoms with Crippen LogP contribution in [0.4, 0.5) is 10.5 Å². The first kappa shape index (κ1) is 18.4. The first-order valence-electron chi connectivity index (χ1n) is 9.22. The average Bonchev–Trinajstić information content (AvgIpc) is 2.95. The fourth-order valence-corrected chi connectivity index (χ4v) is 3.42. The number of amides is 3. The topological polar surface area (TPSA) is 79.0 Å². The molecule has 1 aromatic carbocycles. The number of nitrogens with one attached hydrogen (secondary N) is 1. The lowest BCUT2D eigenvalue weighted by molar-refractivity contribution is -0.125. The van der Waals surface area contributed by atoms with Gasteiger partial charge in [-0.2, -0.15) is 0 Å². The van der Waals surface area contributed by atoms with Crippen LogP contribution < -0.4 is 10.2 Å². The van der Waals surface area contributed by atoms with Gasteiger partial charge in [0.2, 0.25) is 0 Å². The zero-order valence-electron chi connectivity index (χ0n) is 15.1. The summed E-state index contributed by atoms with van der Waals surface area (Å²) >= 11 is 0. The van der Waals surface area contributed by atoms with Crippen LogP contribution in [0.5, 0.6) is 0 Å². The number of carbonyl (C=O) groups is 3. The van der Waals surface area contributed by atoms with Crippen LogP contribution in [-0.4, -0.2) is 48.7 Å². The SMILES string of the molecule is CCOC(=O)c1ccc(N2CC(=O)N(CNC3CCCCC3)C2=O)cc1.